The summed E-state index contributed by atoms with van der Waals surface area (Å²) in [5.41, 5.74) is 2.30. The van der Waals surface area contributed by atoms with Crippen molar-refractivity contribution in [1.29, 1.82) is 0 Å². The lowest BCUT2D eigenvalue weighted by molar-refractivity contribution is -0.120. The first-order chi connectivity index (χ1) is 15.0. The third kappa shape index (κ3) is 6.31. The summed E-state index contributed by atoms with van der Waals surface area (Å²) in [6.07, 6.45) is 2.42. The highest BCUT2D eigenvalue weighted by Crippen LogP contribution is 2.29. The van der Waals surface area contributed by atoms with Crippen molar-refractivity contribution in [3.05, 3.63) is 53.6 Å². The van der Waals surface area contributed by atoms with Crippen LogP contribution in [0, 0.1) is 0 Å². The smallest absolute Gasteiger partial charge is 0.387 e. The number of hydrogen-bond acceptors (Lipinski definition) is 5. The van der Waals surface area contributed by atoms with Crippen molar-refractivity contribution in [2.45, 2.75) is 26.0 Å². The monoisotopic (exact) mass is 433 g/mol. The lowest BCUT2D eigenvalue weighted by Gasteiger charge is -2.17. The van der Waals surface area contributed by atoms with E-state index in [1.165, 1.54) is 43.8 Å². The van der Waals surface area contributed by atoms with Gasteiger partial charge in [-0.3, -0.25) is 9.59 Å². The fourth-order valence-electron chi connectivity index (χ4n) is 3.33. The van der Waals surface area contributed by atoms with E-state index in [0.29, 0.717) is 6.54 Å². The molecule has 1 heterocycles. The molecule has 2 aromatic carbocycles. The number of nitrogens with zero attached hydrogens (tertiary/aromatic N) is 1. The lowest BCUT2D eigenvalue weighted by Crippen LogP contribution is -2.36. The zero-order valence-corrected chi connectivity index (χ0v) is 17.2. The molecule has 7 nitrogen and oxygen atoms in total. The normalized spacial score (nSPS) is 13.2. The summed E-state index contributed by atoms with van der Waals surface area (Å²) in [6, 6.07) is 11.8. The first-order valence-corrected chi connectivity index (χ1v) is 9.98. The number of carbonyl (C=O) groups is 2. The van der Waals surface area contributed by atoms with Crippen molar-refractivity contribution >= 4 is 17.5 Å². The molecule has 1 aliphatic rings. The van der Waals surface area contributed by atoms with Gasteiger partial charge in [-0.1, -0.05) is 12.1 Å². The second-order valence-corrected chi connectivity index (χ2v) is 7.06. The molecule has 2 aromatic rings. The molecular formula is C22H25F2N3O4. The Balaban J connectivity index is 1.46. The minimum atomic E-state index is -3.01. The lowest BCUT2D eigenvalue weighted by atomic mass is 10.2. The molecule has 0 saturated carbocycles. The zero-order chi connectivity index (χ0) is 22.2. The van der Waals surface area contributed by atoms with Crippen molar-refractivity contribution < 1.29 is 27.8 Å². The Bertz CT molecular complexity index is 900. The predicted molar refractivity (Wildman–Crippen MR) is 112 cm³/mol. The van der Waals surface area contributed by atoms with Crippen LogP contribution in [0.1, 0.15) is 28.8 Å². The van der Waals surface area contributed by atoms with Gasteiger partial charge in [-0.15, -0.1) is 0 Å². The highest BCUT2D eigenvalue weighted by Gasteiger charge is 2.15. The fraction of sp³-hybridized carbons (Fsp3) is 0.364. The summed E-state index contributed by atoms with van der Waals surface area (Å²) >= 11 is 0. The molecule has 166 valence electrons. The third-order valence-corrected chi connectivity index (χ3v) is 4.95. The Labute approximate surface area is 179 Å². The molecule has 1 aliphatic heterocycles. The zero-order valence-electron chi connectivity index (χ0n) is 17.2. The Kier molecular flexibility index (Phi) is 7.64. The predicted octanol–water partition coefficient (Wildman–Crippen LogP) is 2.94. The van der Waals surface area contributed by atoms with Gasteiger partial charge >= 0.3 is 6.61 Å². The number of benzene rings is 2. The molecule has 0 aromatic heterocycles. The molecule has 0 unspecified atom stereocenters. The van der Waals surface area contributed by atoms with Crippen LogP contribution >= 0.6 is 0 Å². The molecule has 31 heavy (non-hydrogen) atoms. The number of amides is 2. The van der Waals surface area contributed by atoms with E-state index < -0.39 is 12.5 Å². The number of rotatable bonds is 9. The summed E-state index contributed by atoms with van der Waals surface area (Å²) in [7, 11) is 1.28. The third-order valence-electron chi connectivity index (χ3n) is 4.95. The van der Waals surface area contributed by atoms with Crippen LogP contribution in [0.25, 0.3) is 0 Å². The highest BCUT2D eigenvalue weighted by molar-refractivity contribution is 5.97. The van der Waals surface area contributed by atoms with Crippen molar-refractivity contribution in [1.82, 2.24) is 10.6 Å². The maximum absolute atomic E-state index is 12.4. The van der Waals surface area contributed by atoms with Crippen molar-refractivity contribution in [3.8, 4) is 11.5 Å². The van der Waals surface area contributed by atoms with Crippen LogP contribution in [0.4, 0.5) is 14.5 Å². The average molecular weight is 433 g/mol. The minimum absolute atomic E-state index is 0.00483. The Morgan fingerprint density at radius 2 is 1.74 bits per heavy atom. The van der Waals surface area contributed by atoms with Crippen molar-refractivity contribution in [2.24, 2.45) is 0 Å². The summed E-state index contributed by atoms with van der Waals surface area (Å²) < 4.78 is 34.1. The van der Waals surface area contributed by atoms with E-state index in [2.05, 4.69) is 20.3 Å². The Morgan fingerprint density at radius 1 is 1.03 bits per heavy atom. The maximum Gasteiger partial charge on any atom is 0.387 e. The maximum atomic E-state index is 12.4. The number of ether oxygens (including phenoxy) is 2. The number of methoxy groups -OCH3 is 1. The van der Waals surface area contributed by atoms with Crippen LogP contribution < -0.4 is 25.0 Å². The van der Waals surface area contributed by atoms with E-state index in [1.807, 2.05) is 24.3 Å². The van der Waals surface area contributed by atoms with Gasteiger partial charge in [0.25, 0.3) is 5.91 Å². The molecular weight excluding hydrogens is 408 g/mol. The van der Waals surface area contributed by atoms with Crippen LogP contribution in [0.3, 0.4) is 0 Å². The quantitative estimate of drug-likeness (QED) is 0.636. The van der Waals surface area contributed by atoms with Gasteiger partial charge in [-0.05, 0) is 48.7 Å². The number of halogens is 2. The highest BCUT2D eigenvalue weighted by atomic mass is 19.3. The molecule has 0 aliphatic carbocycles. The Hall–Kier alpha value is -3.36. The van der Waals surface area contributed by atoms with Crippen LogP contribution in [-0.2, 0) is 11.3 Å². The van der Waals surface area contributed by atoms with Gasteiger partial charge < -0.3 is 25.0 Å². The molecule has 0 radical (unpaired) electrons. The van der Waals surface area contributed by atoms with E-state index >= 15 is 0 Å². The number of carbonyl (C=O) groups excluding carboxylic acids is 2. The van der Waals surface area contributed by atoms with Gasteiger partial charge in [0.2, 0.25) is 5.91 Å². The number of hydrogen-bond donors (Lipinski definition) is 2. The molecule has 1 saturated heterocycles. The number of alkyl halides is 2. The summed E-state index contributed by atoms with van der Waals surface area (Å²) in [5.74, 6) is -1.06. The molecule has 3 rings (SSSR count). The number of nitrogens with one attached hydrogen (secondary N) is 2. The molecule has 0 spiro atoms. The topological polar surface area (TPSA) is 79.9 Å². The SMILES string of the molecule is COc1cc(C(=O)NCC(=O)NCc2ccc(N3CCCC3)cc2)ccc1OC(F)F. The largest absolute Gasteiger partial charge is 0.493 e. The molecule has 2 N–H and O–H groups in total. The van der Waals surface area contributed by atoms with E-state index in [1.54, 1.807) is 0 Å². The number of anilines is 1. The summed E-state index contributed by atoms with van der Waals surface area (Å²) in [5, 5.41) is 5.24. The molecule has 9 heteroatoms. The first kappa shape index (κ1) is 22.3. The van der Waals surface area contributed by atoms with Gasteiger partial charge in [-0.25, -0.2) is 0 Å². The van der Waals surface area contributed by atoms with E-state index in [0.717, 1.165) is 18.7 Å². The summed E-state index contributed by atoms with van der Waals surface area (Å²) in [6.45, 7) is -0.730. The Morgan fingerprint density at radius 3 is 2.39 bits per heavy atom. The van der Waals surface area contributed by atoms with Crippen LogP contribution in [-0.4, -0.2) is 45.2 Å². The van der Waals surface area contributed by atoms with Crippen LogP contribution in [0.15, 0.2) is 42.5 Å². The van der Waals surface area contributed by atoms with Gasteiger partial charge in [0.05, 0.1) is 13.7 Å². The second-order valence-electron chi connectivity index (χ2n) is 7.06. The van der Waals surface area contributed by atoms with Gasteiger partial charge in [0.1, 0.15) is 0 Å². The van der Waals surface area contributed by atoms with Gasteiger partial charge in [0.15, 0.2) is 11.5 Å². The molecule has 0 bridgehead atoms. The van der Waals surface area contributed by atoms with Crippen molar-refractivity contribution in [2.75, 3.05) is 31.6 Å². The van der Waals surface area contributed by atoms with Crippen LogP contribution in [0.5, 0.6) is 11.5 Å². The van der Waals surface area contributed by atoms with Crippen molar-refractivity contribution in [3.63, 3.8) is 0 Å². The minimum Gasteiger partial charge on any atom is -0.493 e. The molecule has 1 fully saturated rings. The first-order valence-electron chi connectivity index (χ1n) is 9.98. The fourth-order valence-corrected chi connectivity index (χ4v) is 3.33. The van der Waals surface area contributed by atoms with E-state index in [9.17, 15) is 18.4 Å². The average Bonchev–Trinajstić information content (AvgIpc) is 3.31. The van der Waals surface area contributed by atoms with Gasteiger partial charge in [0, 0.05) is 30.9 Å². The van der Waals surface area contributed by atoms with E-state index in [-0.39, 0.29) is 29.5 Å². The molecule has 2 amide bonds. The molecule has 0 atom stereocenters. The summed E-state index contributed by atoms with van der Waals surface area (Å²) in [4.78, 5) is 26.6. The van der Waals surface area contributed by atoms with E-state index in [4.69, 9.17) is 4.74 Å². The second kappa shape index (κ2) is 10.6. The standard InChI is InChI=1S/C22H25F2N3O4/c1-30-19-12-16(6-9-18(19)31-22(23)24)21(29)26-14-20(28)25-13-15-4-7-17(8-5-15)27-10-2-3-11-27/h4-9,12,22H,2-3,10-11,13-14H2,1H3,(H,25,28)(H,26,29). The van der Waals surface area contributed by atoms with Gasteiger partial charge in [-0.2, -0.15) is 8.78 Å². The van der Waals surface area contributed by atoms with Crippen LogP contribution in [0.2, 0.25) is 0 Å².